The Labute approximate surface area is 75.7 Å². The molecular formula is C12H20. The van der Waals surface area contributed by atoms with Crippen LogP contribution in [0, 0.1) is 28.6 Å². The standard InChI is InChI=1S/C12H20/c1-4-12-7-9(12)10(12)11(3)6-5-8(11)2/h8-10H,4-7H2,1-3H3. The van der Waals surface area contributed by atoms with Crippen LogP contribution in [0.1, 0.15) is 46.5 Å². The predicted molar refractivity (Wildman–Crippen MR) is 50.8 cm³/mol. The zero-order chi connectivity index (χ0) is 8.56. The van der Waals surface area contributed by atoms with Crippen molar-refractivity contribution in [3.8, 4) is 0 Å². The highest BCUT2D eigenvalue weighted by molar-refractivity contribution is 5.29. The summed E-state index contributed by atoms with van der Waals surface area (Å²) in [5.41, 5.74) is 1.67. The summed E-state index contributed by atoms with van der Waals surface area (Å²) in [5.74, 6) is 3.35. The molecule has 0 aliphatic heterocycles. The second-order valence-electron chi connectivity index (χ2n) is 5.82. The van der Waals surface area contributed by atoms with Gasteiger partial charge in [0.15, 0.2) is 0 Å². The van der Waals surface area contributed by atoms with Crippen LogP contribution in [-0.4, -0.2) is 0 Å². The molecule has 0 aromatic carbocycles. The first-order valence-corrected chi connectivity index (χ1v) is 5.65. The summed E-state index contributed by atoms with van der Waals surface area (Å²) in [6, 6.07) is 0. The molecule has 0 bridgehead atoms. The van der Waals surface area contributed by atoms with Gasteiger partial charge in [0.1, 0.15) is 0 Å². The van der Waals surface area contributed by atoms with Crippen molar-refractivity contribution in [1.29, 1.82) is 0 Å². The van der Waals surface area contributed by atoms with Gasteiger partial charge in [-0.1, -0.05) is 20.8 Å². The van der Waals surface area contributed by atoms with Crippen molar-refractivity contribution >= 4 is 0 Å². The van der Waals surface area contributed by atoms with Gasteiger partial charge in [-0.25, -0.2) is 0 Å². The maximum absolute atomic E-state index is 2.55. The van der Waals surface area contributed by atoms with E-state index < -0.39 is 0 Å². The first-order valence-electron chi connectivity index (χ1n) is 5.65. The Balaban J connectivity index is 1.77. The second-order valence-corrected chi connectivity index (χ2v) is 5.82. The lowest BCUT2D eigenvalue weighted by Gasteiger charge is -2.49. The third-order valence-electron chi connectivity index (χ3n) is 5.70. The summed E-state index contributed by atoms with van der Waals surface area (Å²) in [5, 5.41) is 0. The zero-order valence-corrected chi connectivity index (χ0v) is 8.56. The second kappa shape index (κ2) is 1.76. The molecule has 0 N–H and O–H groups in total. The van der Waals surface area contributed by atoms with E-state index in [4.69, 9.17) is 0 Å². The molecule has 0 aromatic heterocycles. The van der Waals surface area contributed by atoms with Gasteiger partial charge in [-0.2, -0.15) is 0 Å². The molecule has 3 fully saturated rings. The molecule has 0 spiro atoms. The van der Waals surface area contributed by atoms with Crippen molar-refractivity contribution in [2.24, 2.45) is 28.6 Å². The fraction of sp³-hybridized carbons (Fsp3) is 1.00. The predicted octanol–water partition coefficient (Wildman–Crippen LogP) is 3.47. The number of fused-ring (bicyclic) bond motifs is 1. The van der Waals surface area contributed by atoms with Gasteiger partial charge in [0.2, 0.25) is 0 Å². The summed E-state index contributed by atoms with van der Waals surface area (Å²) in [6.07, 6.45) is 6.07. The molecule has 0 amide bonds. The average Bonchev–Trinajstić information content (AvgIpc) is 2.88. The van der Waals surface area contributed by atoms with E-state index in [9.17, 15) is 0 Å². The van der Waals surface area contributed by atoms with Crippen molar-refractivity contribution < 1.29 is 0 Å². The number of hydrogen-bond acceptors (Lipinski definition) is 0. The van der Waals surface area contributed by atoms with Gasteiger partial charge in [-0.05, 0) is 54.3 Å². The van der Waals surface area contributed by atoms with Gasteiger partial charge in [0, 0.05) is 0 Å². The molecule has 0 nitrogen and oxygen atoms in total. The van der Waals surface area contributed by atoms with E-state index in [1.54, 1.807) is 6.42 Å². The Morgan fingerprint density at radius 3 is 2.42 bits per heavy atom. The van der Waals surface area contributed by atoms with Crippen LogP contribution < -0.4 is 0 Å². The summed E-state index contributed by atoms with van der Waals surface area (Å²) in [6.45, 7) is 7.41. The lowest BCUT2D eigenvalue weighted by molar-refractivity contribution is 0.00686. The van der Waals surface area contributed by atoms with Crippen molar-refractivity contribution in [2.45, 2.75) is 46.5 Å². The molecule has 0 radical (unpaired) electrons. The monoisotopic (exact) mass is 164 g/mol. The summed E-state index contributed by atoms with van der Waals surface area (Å²) >= 11 is 0. The molecule has 5 unspecified atom stereocenters. The Morgan fingerprint density at radius 1 is 1.42 bits per heavy atom. The number of hydrogen-bond donors (Lipinski definition) is 0. The molecule has 0 heterocycles. The van der Waals surface area contributed by atoms with Crippen molar-refractivity contribution in [3.63, 3.8) is 0 Å². The van der Waals surface area contributed by atoms with E-state index in [0.29, 0.717) is 0 Å². The summed E-state index contributed by atoms with van der Waals surface area (Å²) in [7, 11) is 0. The van der Waals surface area contributed by atoms with Gasteiger partial charge in [0.05, 0.1) is 0 Å². The zero-order valence-electron chi connectivity index (χ0n) is 8.56. The highest BCUT2D eigenvalue weighted by Crippen LogP contribution is 2.88. The van der Waals surface area contributed by atoms with Crippen LogP contribution in [0.4, 0.5) is 0 Å². The van der Waals surface area contributed by atoms with Crippen molar-refractivity contribution in [1.82, 2.24) is 0 Å². The fourth-order valence-corrected chi connectivity index (χ4v) is 4.11. The highest BCUT2D eigenvalue weighted by atomic mass is 14.9. The molecule has 5 atom stereocenters. The highest BCUT2D eigenvalue weighted by Gasteiger charge is 2.82. The summed E-state index contributed by atoms with van der Waals surface area (Å²) in [4.78, 5) is 0. The van der Waals surface area contributed by atoms with Gasteiger partial charge in [-0.3, -0.25) is 0 Å². The van der Waals surface area contributed by atoms with E-state index in [0.717, 1.165) is 22.7 Å². The molecule has 3 aliphatic rings. The van der Waals surface area contributed by atoms with Crippen LogP contribution in [0.2, 0.25) is 0 Å². The average molecular weight is 164 g/mol. The number of rotatable bonds is 2. The van der Waals surface area contributed by atoms with Crippen LogP contribution in [0.5, 0.6) is 0 Å². The SMILES string of the molecule is CCC12CC1C2C1(C)CCC1C. The van der Waals surface area contributed by atoms with Crippen LogP contribution in [-0.2, 0) is 0 Å². The van der Waals surface area contributed by atoms with Gasteiger partial charge < -0.3 is 0 Å². The van der Waals surface area contributed by atoms with E-state index in [2.05, 4.69) is 20.8 Å². The van der Waals surface area contributed by atoms with Crippen molar-refractivity contribution in [3.05, 3.63) is 0 Å². The molecule has 0 saturated heterocycles. The van der Waals surface area contributed by atoms with E-state index in [-0.39, 0.29) is 0 Å². The third kappa shape index (κ3) is 0.561. The van der Waals surface area contributed by atoms with Crippen LogP contribution in [0.15, 0.2) is 0 Å². The Hall–Kier alpha value is 0. The lowest BCUT2D eigenvalue weighted by Crippen LogP contribution is -2.40. The van der Waals surface area contributed by atoms with E-state index >= 15 is 0 Å². The normalized spacial score (nSPS) is 66.8. The molecule has 12 heavy (non-hydrogen) atoms. The maximum Gasteiger partial charge on any atom is -0.0229 e. The molecule has 3 aliphatic carbocycles. The van der Waals surface area contributed by atoms with E-state index in [1.807, 2.05) is 0 Å². The van der Waals surface area contributed by atoms with E-state index in [1.165, 1.54) is 25.2 Å². The largest absolute Gasteiger partial charge is 0.0648 e. The van der Waals surface area contributed by atoms with Gasteiger partial charge >= 0.3 is 0 Å². The quantitative estimate of drug-likeness (QED) is 0.586. The minimum Gasteiger partial charge on any atom is -0.0648 e. The molecule has 3 rings (SSSR count). The first kappa shape index (κ1) is 7.41. The maximum atomic E-state index is 2.55. The molecule has 68 valence electrons. The van der Waals surface area contributed by atoms with Crippen LogP contribution >= 0.6 is 0 Å². The van der Waals surface area contributed by atoms with Crippen LogP contribution in [0.3, 0.4) is 0 Å². The van der Waals surface area contributed by atoms with Crippen LogP contribution in [0.25, 0.3) is 0 Å². The topological polar surface area (TPSA) is 0 Å². The molecule has 3 saturated carbocycles. The molecule has 0 aromatic rings. The smallest absolute Gasteiger partial charge is 0.0229 e. The fourth-order valence-electron chi connectivity index (χ4n) is 4.11. The Kier molecular flexibility index (Phi) is 1.09. The molecular weight excluding hydrogens is 144 g/mol. The third-order valence-corrected chi connectivity index (χ3v) is 5.70. The van der Waals surface area contributed by atoms with Gasteiger partial charge in [0.25, 0.3) is 0 Å². The summed E-state index contributed by atoms with van der Waals surface area (Å²) < 4.78 is 0. The minimum absolute atomic E-state index is 0.777. The molecule has 0 heteroatoms. The van der Waals surface area contributed by atoms with Gasteiger partial charge in [-0.15, -0.1) is 0 Å². The Morgan fingerprint density at radius 2 is 2.17 bits per heavy atom. The lowest BCUT2D eigenvalue weighted by atomic mass is 9.56. The Bertz CT molecular complexity index is 232. The van der Waals surface area contributed by atoms with Crippen molar-refractivity contribution in [2.75, 3.05) is 0 Å². The first-order chi connectivity index (χ1) is 5.65. The minimum atomic E-state index is 0.777.